The summed E-state index contributed by atoms with van der Waals surface area (Å²) in [4.78, 5) is 18.2. The zero-order valence-corrected chi connectivity index (χ0v) is 10.4. The van der Waals surface area contributed by atoms with Crippen molar-refractivity contribution in [1.29, 1.82) is 0 Å². The molecule has 18 heavy (non-hydrogen) atoms. The number of hydrogen-bond acceptors (Lipinski definition) is 2. The Labute approximate surface area is 105 Å². The van der Waals surface area contributed by atoms with Gasteiger partial charge < -0.3 is 14.9 Å². The SMILES string of the molecule is O=P(O)(O)c1cccc(-c2ccc(CO)cc2)c1. The predicted octanol–water partition coefficient (Wildman–Crippen LogP) is 1.65. The minimum absolute atomic E-state index is 0.00577. The summed E-state index contributed by atoms with van der Waals surface area (Å²) in [6.07, 6.45) is 0. The zero-order chi connectivity index (χ0) is 13.2. The van der Waals surface area contributed by atoms with E-state index >= 15 is 0 Å². The predicted molar refractivity (Wildman–Crippen MR) is 69.5 cm³/mol. The van der Waals surface area contributed by atoms with Crippen LogP contribution >= 0.6 is 7.60 Å². The topological polar surface area (TPSA) is 77.8 Å². The molecule has 94 valence electrons. The van der Waals surface area contributed by atoms with E-state index in [1.807, 2.05) is 12.1 Å². The molecule has 0 aliphatic carbocycles. The average Bonchev–Trinajstić information content (AvgIpc) is 2.38. The van der Waals surface area contributed by atoms with E-state index in [-0.39, 0.29) is 11.9 Å². The molecule has 2 rings (SSSR count). The Morgan fingerprint density at radius 1 is 0.944 bits per heavy atom. The van der Waals surface area contributed by atoms with E-state index in [0.29, 0.717) is 0 Å². The number of hydrogen-bond donors (Lipinski definition) is 3. The molecule has 0 saturated heterocycles. The molecule has 0 heterocycles. The van der Waals surface area contributed by atoms with Gasteiger partial charge in [-0.15, -0.1) is 0 Å². The van der Waals surface area contributed by atoms with Crippen LogP contribution in [0.2, 0.25) is 0 Å². The minimum Gasteiger partial charge on any atom is -0.392 e. The van der Waals surface area contributed by atoms with Crippen molar-refractivity contribution in [2.75, 3.05) is 0 Å². The summed E-state index contributed by atoms with van der Waals surface area (Å²) in [6.45, 7) is -0.0250. The van der Waals surface area contributed by atoms with Crippen LogP contribution < -0.4 is 5.30 Å². The first-order chi connectivity index (χ1) is 8.50. The summed E-state index contributed by atoms with van der Waals surface area (Å²) in [5, 5.41) is 8.95. The summed E-state index contributed by atoms with van der Waals surface area (Å²) < 4.78 is 11.2. The largest absolute Gasteiger partial charge is 0.392 e. The van der Waals surface area contributed by atoms with Gasteiger partial charge in [-0.2, -0.15) is 0 Å². The number of benzene rings is 2. The molecule has 0 atom stereocenters. The zero-order valence-electron chi connectivity index (χ0n) is 9.52. The molecule has 0 bridgehead atoms. The molecular weight excluding hydrogens is 251 g/mol. The Kier molecular flexibility index (Phi) is 3.64. The standard InChI is InChI=1S/C13H13O4P/c14-9-10-4-6-11(7-5-10)12-2-1-3-13(8-12)18(15,16)17/h1-8,14H,9H2,(H2,15,16,17). The van der Waals surface area contributed by atoms with Gasteiger partial charge in [0.25, 0.3) is 0 Å². The molecule has 0 radical (unpaired) electrons. The van der Waals surface area contributed by atoms with Gasteiger partial charge >= 0.3 is 7.60 Å². The van der Waals surface area contributed by atoms with Crippen LogP contribution in [0.15, 0.2) is 48.5 Å². The van der Waals surface area contributed by atoms with Gasteiger partial charge in [0.1, 0.15) is 0 Å². The van der Waals surface area contributed by atoms with Crippen molar-refractivity contribution >= 4 is 12.9 Å². The highest BCUT2D eigenvalue weighted by Crippen LogP contribution is 2.34. The molecule has 0 fully saturated rings. The van der Waals surface area contributed by atoms with Crippen molar-refractivity contribution in [2.45, 2.75) is 6.61 Å². The highest BCUT2D eigenvalue weighted by Gasteiger charge is 2.16. The van der Waals surface area contributed by atoms with Crippen molar-refractivity contribution in [1.82, 2.24) is 0 Å². The maximum Gasteiger partial charge on any atom is 0.356 e. The van der Waals surface area contributed by atoms with Crippen LogP contribution in [0, 0.1) is 0 Å². The summed E-state index contributed by atoms with van der Waals surface area (Å²) in [5.41, 5.74) is 2.38. The lowest BCUT2D eigenvalue weighted by Gasteiger charge is -2.07. The maximum atomic E-state index is 11.2. The number of aliphatic hydroxyl groups excluding tert-OH is 1. The summed E-state index contributed by atoms with van der Waals surface area (Å²) in [6, 6.07) is 13.5. The second kappa shape index (κ2) is 5.04. The molecule has 2 aromatic carbocycles. The maximum absolute atomic E-state index is 11.2. The van der Waals surface area contributed by atoms with Crippen LogP contribution in [-0.2, 0) is 11.2 Å². The van der Waals surface area contributed by atoms with E-state index in [9.17, 15) is 4.57 Å². The highest BCUT2D eigenvalue weighted by atomic mass is 31.2. The molecule has 0 spiro atoms. The van der Waals surface area contributed by atoms with Crippen molar-refractivity contribution < 1.29 is 19.5 Å². The van der Waals surface area contributed by atoms with Crippen molar-refractivity contribution in [3.63, 3.8) is 0 Å². The van der Waals surface area contributed by atoms with Gasteiger partial charge in [-0.05, 0) is 28.8 Å². The fourth-order valence-corrected chi connectivity index (χ4v) is 2.26. The molecule has 0 unspecified atom stereocenters. The molecule has 5 heteroatoms. The quantitative estimate of drug-likeness (QED) is 0.736. The summed E-state index contributed by atoms with van der Waals surface area (Å²) >= 11 is 0. The Balaban J connectivity index is 2.41. The Morgan fingerprint density at radius 2 is 1.61 bits per heavy atom. The van der Waals surface area contributed by atoms with Crippen LogP contribution in [-0.4, -0.2) is 14.9 Å². The molecule has 0 amide bonds. The van der Waals surface area contributed by atoms with Crippen molar-refractivity contribution in [2.24, 2.45) is 0 Å². The van der Waals surface area contributed by atoms with Crippen LogP contribution in [0.25, 0.3) is 11.1 Å². The summed E-state index contributed by atoms with van der Waals surface area (Å²) in [5.74, 6) is 0. The van der Waals surface area contributed by atoms with Gasteiger partial charge in [-0.1, -0.05) is 36.4 Å². The fraction of sp³-hybridized carbons (Fsp3) is 0.0769. The number of rotatable bonds is 3. The second-order valence-electron chi connectivity index (χ2n) is 3.95. The molecule has 3 N–H and O–H groups in total. The average molecular weight is 264 g/mol. The van der Waals surface area contributed by atoms with E-state index < -0.39 is 7.60 Å². The highest BCUT2D eigenvalue weighted by molar-refractivity contribution is 7.60. The minimum atomic E-state index is -4.22. The second-order valence-corrected chi connectivity index (χ2v) is 5.55. The van der Waals surface area contributed by atoms with Crippen LogP contribution in [0.5, 0.6) is 0 Å². The first-order valence-electron chi connectivity index (χ1n) is 5.37. The third-order valence-corrected chi connectivity index (χ3v) is 3.60. The normalized spacial score (nSPS) is 11.5. The lowest BCUT2D eigenvalue weighted by atomic mass is 10.0. The van der Waals surface area contributed by atoms with Gasteiger partial charge in [0.15, 0.2) is 0 Å². The third kappa shape index (κ3) is 2.86. The van der Waals surface area contributed by atoms with Gasteiger partial charge in [-0.3, -0.25) is 4.57 Å². The van der Waals surface area contributed by atoms with Gasteiger partial charge in [0, 0.05) is 0 Å². The monoisotopic (exact) mass is 264 g/mol. The Bertz CT molecular complexity index is 586. The molecule has 0 aliphatic rings. The smallest absolute Gasteiger partial charge is 0.356 e. The van der Waals surface area contributed by atoms with Crippen LogP contribution in [0.4, 0.5) is 0 Å². The van der Waals surface area contributed by atoms with Gasteiger partial charge in [0.05, 0.1) is 11.9 Å². The van der Waals surface area contributed by atoms with Gasteiger partial charge in [0.2, 0.25) is 0 Å². The Morgan fingerprint density at radius 3 is 2.17 bits per heavy atom. The van der Waals surface area contributed by atoms with Crippen molar-refractivity contribution in [3.05, 3.63) is 54.1 Å². The van der Waals surface area contributed by atoms with E-state index in [2.05, 4.69) is 0 Å². The molecule has 0 aromatic heterocycles. The molecule has 4 nitrogen and oxygen atoms in total. The van der Waals surface area contributed by atoms with Crippen molar-refractivity contribution in [3.8, 4) is 11.1 Å². The first kappa shape index (κ1) is 13.0. The molecule has 0 aliphatic heterocycles. The Hall–Kier alpha value is -1.45. The van der Waals surface area contributed by atoms with E-state index in [0.717, 1.165) is 16.7 Å². The summed E-state index contributed by atoms with van der Waals surface area (Å²) in [7, 11) is -4.22. The van der Waals surface area contributed by atoms with Crippen LogP contribution in [0.1, 0.15) is 5.56 Å². The molecular formula is C13H13O4P. The van der Waals surface area contributed by atoms with E-state index in [1.165, 1.54) is 12.1 Å². The van der Waals surface area contributed by atoms with Crippen LogP contribution in [0.3, 0.4) is 0 Å². The fourth-order valence-electron chi connectivity index (χ4n) is 1.67. The van der Waals surface area contributed by atoms with Gasteiger partial charge in [-0.25, -0.2) is 0 Å². The van der Waals surface area contributed by atoms with E-state index in [1.54, 1.807) is 24.3 Å². The lowest BCUT2D eigenvalue weighted by molar-refractivity contribution is 0.282. The third-order valence-electron chi connectivity index (χ3n) is 2.65. The van der Waals surface area contributed by atoms with E-state index in [4.69, 9.17) is 14.9 Å². The first-order valence-corrected chi connectivity index (χ1v) is 6.98. The lowest BCUT2D eigenvalue weighted by Crippen LogP contribution is -2.03. The number of aliphatic hydroxyl groups is 1. The molecule has 0 saturated carbocycles. The molecule has 2 aromatic rings.